The SMILES string of the molecule is CCN1CCN(c2nccc3ccc(-c4ccc(CCCO)cc4)nc23)CC1.Cl.Cl. The fraction of sp³-hybridized carbons (Fsp3) is 0.391. The van der Waals surface area contributed by atoms with Crippen molar-refractivity contribution in [3.63, 3.8) is 0 Å². The van der Waals surface area contributed by atoms with Gasteiger partial charge in [-0.05, 0) is 37.1 Å². The summed E-state index contributed by atoms with van der Waals surface area (Å²) in [5, 5.41) is 10.1. The summed E-state index contributed by atoms with van der Waals surface area (Å²) in [6.45, 7) is 7.68. The number of pyridine rings is 2. The Balaban J connectivity index is 0.00000160. The Morgan fingerprint density at radius 1 is 0.933 bits per heavy atom. The molecule has 3 heterocycles. The van der Waals surface area contributed by atoms with Gasteiger partial charge in [-0.2, -0.15) is 0 Å². The van der Waals surface area contributed by atoms with Gasteiger partial charge < -0.3 is 14.9 Å². The summed E-state index contributed by atoms with van der Waals surface area (Å²) in [5.41, 5.74) is 4.31. The largest absolute Gasteiger partial charge is 0.396 e. The van der Waals surface area contributed by atoms with Crippen molar-refractivity contribution in [2.75, 3.05) is 44.2 Å². The molecule has 0 unspecified atom stereocenters. The zero-order chi connectivity index (χ0) is 19.3. The van der Waals surface area contributed by atoms with Gasteiger partial charge >= 0.3 is 0 Å². The Kier molecular flexibility index (Phi) is 9.31. The molecular formula is C23H30Cl2N4O. The molecule has 1 N–H and O–H groups in total. The second kappa shape index (κ2) is 11.5. The number of fused-ring (bicyclic) bond motifs is 1. The van der Waals surface area contributed by atoms with Crippen LogP contribution in [0, 0.1) is 0 Å². The van der Waals surface area contributed by atoms with Crippen molar-refractivity contribution in [3.05, 3.63) is 54.2 Å². The maximum absolute atomic E-state index is 9.00. The molecule has 5 nitrogen and oxygen atoms in total. The van der Waals surface area contributed by atoms with Crippen LogP contribution in [0.3, 0.4) is 0 Å². The van der Waals surface area contributed by atoms with Gasteiger partial charge in [-0.1, -0.05) is 37.3 Å². The van der Waals surface area contributed by atoms with E-state index in [-0.39, 0.29) is 31.4 Å². The van der Waals surface area contributed by atoms with Gasteiger partial charge in [-0.25, -0.2) is 9.97 Å². The van der Waals surface area contributed by atoms with Crippen molar-refractivity contribution in [1.29, 1.82) is 0 Å². The average molecular weight is 449 g/mol. The van der Waals surface area contributed by atoms with E-state index in [1.165, 1.54) is 5.56 Å². The van der Waals surface area contributed by atoms with E-state index in [9.17, 15) is 0 Å². The number of aliphatic hydroxyl groups is 1. The van der Waals surface area contributed by atoms with Gasteiger partial charge in [0.2, 0.25) is 0 Å². The molecule has 4 rings (SSSR count). The topological polar surface area (TPSA) is 52.5 Å². The third kappa shape index (κ3) is 5.41. The Bertz CT molecular complexity index is 928. The molecule has 1 aromatic carbocycles. The molecule has 1 aliphatic rings. The van der Waals surface area contributed by atoms with Gasteiger partial charge in [0, 0.05) is 49.9 Å². The maximum atomic E-state index is 9.00. The molecule has 7 heteroatoms. The molecule has 2 aromatic heterocycles. The molecule has 1 saturated heterocycles. The summed E-state index contributed by atoms with van der Waals surface area (Å²) in [7, 11) is 0. The molecule has 0 spiro atoms. The number of benzene rings is 1. The number of aryl methyl sites for hydroxylation is 1. The van der Waals surface area contributed by atoms with Gasteiger partial charge in [0.05, 0.1) is 5.69 Å². The molecule has 0 aliphatic carbocycles. The second-order valence-electron chi connectivity index (χ2n) is 7.35. The highest BCUT2D eigenvalue weighted by molar-refractivity contribution is 5.90. The number of anilines is 1. The number of hydrogen-bond donors (Lipinski definition) is 1. The first-order valence-electron chi connectivity index (χ1n) is 10.2. The van der Waals surface area contributed by atoms with Crippen molar-refractivity contribution in [2.24, 2.45) is 0 Å². The third-order valence-corrected chi connectivity index (χ3v) is 5.58. The van der Waals surface area contributed by atoms with Crippen LogP contribution < -0.4 is 4.90 Å². The second-order valence-corrected chi connectivity index (χ2v) is 7.35. The van der Waals surface area contributed by atoms with Crippen LogP contribution in [0.5, 0.6) is 0 Å². The first-order valence-corrected chi connectivity index (χ1v) is 10.2. The predicted octanol–water partition coefficient (Wildman–Crippen LogP) is 4.21. The number of halogens is 2. The molecule has 0 amide bonds. The number of aromatic nitrogens is 2. The Labute approximate surface area is 191 Å². The van der Waals surface area contributed by atoms with Crippen LogP contribution in [0.1, 0.15) is 18.9 Å². The summed E-state index contributed by atoms with van der Waals surface area (Å²) in [6, 6.07) is 14.8. The van der Waals surface area contributed by atoms with E-state index in [1.54, 1.807) is 0 Å². The van der Waals surface area contributed by atoms with Crippen molar-refractivity contribution < 1.29 is 5.11 Å². The minimum Gasteiger partial charge on any atom is -0.396 e. The highest BCUT2D eigenvalue weighted by atomic mass is 35.5. The van der Waals surface area contributed by atoms with E-state index in [0.717, 1.165) is 73.5 Å². The Morgan fingerprint density at radius 3 is 2.33 bits per heavy atom. The van der Waals surface area contributed by atoms with Crippen LogP contribution in [0.25, 0.3) is 22.2 Å². The summed E-state index contributed by atoms with van der Waals surface area (Å²) >= 11 is 0. The fourth-order valence-electron chi connectivity index (χ4n) is 3.83. The molecule has 162 valence electrons. The molecule has 30 heavy (non-hydrogen) atoms. The first kappa shape index (κ1) is 24.4. The van der Waals surface area contributed by atoms with Gasteiger partial charge in [0.25, 0.3) is 0 Å². The highest BCUT2D eigenvalue weighted by Crippen LogP contribution is 2.27. The van der Waals surface area contributed by atoms with Crippen LogP contribution >= 0.6 is 24.8 Å². The van der Waals surface area contributed by atoms with Crippen LogP contribution in [-0.2, 0) is 6.42 Å². The number of hydrogen-bond acceptors (Lipinski definition) is 5. The van der Waals surface area contributed by atoms with Crippen molar-refractivity contribution in [2.45, 2.75) is 19.8 Å². The van der Waals surface area contributed by atoms with Crippen LogP contribution in [0.4, 0.5) is 5.82 Å². The fourth-order valence-corrected chi connectivity index (χ4v) is 3.83. The molecule has 0 atom stereocenters. The number of piperazine rings is 1. The van der Waals surface area contributed by atoms with E-state index in [4.69, 9.17) is 10.1 Å². The van der Waals surface area contributed by atoms with Crippen LogP contribution in [0.15, 0.2) is 48.7 Å². The lowest BCUT2D eigenvalue weighted by Gasteiger charge is -2.35. The number of likely N-dealkylation sites (N-methyl/N-ethyl adjacent to an activating group) is 1. The monoisotopic (exact) mass is 448 g/mol. The minimum absolute atomic E-state index is 0. The van der Waals surface area contributed by atoms with E-state index in [2.05, 4.69) is 58.1 Å². The third-order valence-electron chi connectivity index (χ3n) is 5.58. The van der Waals surface area contributed by atoms with E-state index >= 15 is 0 Å². The number of aliphatic hydroxyl groups excluding tert-OH is 1. The predicted molar refractivity (Wildman–Crippen MR) is 129 cm³/mol. The molecular weight excluding hydrogens is 419 g/mol. The van der Waals surface area contributed by atoms with E-state index in [0.29, 0.717) is 0 Å². The minimum atomic E-state index is 0. The smallest absolute Gasteiger partial charge is 0.155 e. The Hall–Kier alpha value is -1.92. The van der Waals surface area contributed by atoms with Gasteiger partial charge in [0.15, 0.2) is 5.82 Å². The van der Waals surface area contributed by atoms with Gasteiger partial charge in [-0.15, -0.1) is 24.8 Å². The summed E-state index contributed by atoms with van der Waals surface area (Å²) in [4.78, 5) is 14.5. The Morgan fingerprint density at radius 2 is 1.67 bits per heavy atom. The van der Waals surface area contributed by atoms with Gasteiger partial charge in [-0.3, -0.25) is 0 Å². The lowest BCUT2D eigenvalue weighted by Crippen LogP contribution is -2.46. The first-order chi connectivity index (χ1) is 13.8. The molecule has 0 bridgehead atoms. The quantitative estimate of drug-likeness (QED) is 0.611. The lowest BCUT2D eigenvalue weighted by molar-refractivity contribution is 0.271. The highest BCUT2D eigenvalue weighted by Gasteiger charge is 2.19. The molecule has 0 radical (unpaired) electrons. The van der Waals surface area contributed by atoms with E-state index in [1.807, 2.05) is 12.3 Å². The zero-order valence-electron chi connectivity index (χ0n) is 17.3. The van der Waals surface area contributed by atoms with Crippen LogP contribution in [-0.4, -0.2) is 59.3 Å². The molecule has 1 fully saturated rings. The summed E-state index contributed by atoms with van der Waals surface area (Å²) in [5.74, 6) is 0.995. The summed E-state index contributed by atoms with van der Waals surface area (Å²) < 4.78 is 0. The molecule has 1 aliphatic heterocycles. The van der Waals surface area contributed by atoms with Crippen molar-refractivity contribution >= 4 is 41.5 Å². The normalized spacial score (nSPS) is 14.3. The standard InChI is InChI=1S/C23H28N4O.2ClH/c1-2-26-13-15-27(16-14-26)23-22-20(11-12-24-23)9-10-21(25-22)19-7-5-18(6-8-19)4-3-17-28;;/h5-12,28H,2-4,13-17H2,1H3;2*1H. The van der Waals surface area contributed by atoms with Gasteiger partial charge in [0.1, 0.15) is 5.52 Å². The molecule has 3 aromatic rings. The number of rotatable bonds is 6. The average Bonchev–Trinajstić information content (AvgIpc) is 2.77. The van der Waals surface area contributed by atoms with Crippen LogP contribution in [0.2, 0.25) is 0 Å². The van der Waals surface area contributed by atoms with Crippen molar-refractivity contribution in [1.82, 2.24) is 14.9 Å². The lowest BCUT2D eigenvalue weighted by atomic mass is 10.0. The zero-order valence-corrected chi connectivity index (χ0v) is 19.0. The molecule has 0 saturated carbocycles. The van der Waals surface area contributed by atoms with E-state index < -0.39 is 0 Å². The van der Waals surface area contributed by atoms with Crippen molar-refractivity contribution in [3.8, 4) is 11.3 Å². The summed E-state index contributed by atoms with van der Waals surface area (Å²) in [6.07, 6.45) is 3.59. The number of nitrogens with zero attached hydrogens (tertiary/aromatic N) is 4. The maximum Gasteiger partial charge on any atom is 0.155 e.